The van der Waals surface area contributed by atoms with E-state index in [1.54, 1.807) is 0 Å². The highest BCUT2D eigenvalue weighted by Crippen LogP contribution is 2.07. The molecule has 0 aromatic rings. The number of carbonyl (C=O) groups is 1. The lowest BCUT2D eigenvalue weighted by Crippen LogP contribution is -2.52. The van der Waals surface area contributed by atoms with Crippen molar-refractivity contribution in [2.24, 2.45) is 0 Å². The number of ether oxygens (including phenoxy) is 2. The summed E-state index contributed by atoms with van der Waals surface area (Å²) in [7, 11) is 1.54. The molecule has 1 amide bonds. The van der Waals surface area contributed by atoms with E-state index in [2.05, 4.69) is 26.1 Å². The zero-order chi connectivity index (χ0) is 12.9. The van der Waals surface area contributed by atoms with Crippen molar-refractivity contribution >= 4 is 5.91 Å². The van der Waals surface area contributed by atoms with Crippen LogP contribution in [0.1, 0.15) is 20.8 Å². The van der Waals surface area contributed by atoms with Crippen LogP contribution in [0.2, 0.25) is 0 Å². The van der Waals surface area contributed by atoms with Gasteiger partial charge in [-0.3, -0.25) is 4.79 Å². The zero-order valence-electron chi connectivity index (χ0n) is 11.3. The minimum absolute atomic E-state index is 0.0385. The molecule has 1 heterocycles. The second-order valence-corrected chi connectivity index (χ2v) is 5.40. The fourth-order valence-electron chi connectivity index (χ4n) is 1.70. The van der Waals surface area contributed by atoms with E-state index in [9.17, 15) is 4.79 Å². The fraction of sp³-hybridized carbons (Fsp3) is 0.917. The lowest BCUT2D eigenvalue weighted by atomic mass is 10.1. The number of amides is 1. The average molecular weight is 244 g/mol. The molecule has 5 heteroatoms. The Kier molecular flexibility index (Phi) is 5.36. The molecule has 5 nitrogen and oxygen atoms in total. The first kappa shape index (κ1) is 14.4. The smallest absolute Gasteiger partial charge is 0.248 e. The summed E-state index contributed by atoms with van der Waals surface area (Å²) in [5.74, 6) is 0.0385. The minimum Gasteiger partial charge on any atom is -0.375 e. The third-order valence-corrected chi connectivity index (χ3v) is 2.62. The molecule has 1 aliphatic heterocycles. The van der Waals surface area contributed by atoms with E-state index in [0.717, 1.165) is 6.54 Å². The van der Waals surface area contributed by atoms with Gasteiger partial charge in [0.05, 0.1) is 12.7 Å². The summed E-state index contributed by atoms with van der Waals surface area (Å²) in [6.45, 7) is 9.17. The van der Waals surface area contributed by atoms with Gasteiger partial charge in [0, 0.05) is 32.3 Å². The van der Waals surface area contributed by atoms with Gasteiger partial charge in [-0.05, 0) is 20.8 Å². The number of hydrogen-bond acceptors (Lipinski definition) is 4. The predicted molar refractivity (Wildman–Crippen MR) is 66.0 cm³/mol. The molecule has 0 aliphatic carbocycles. The first-order valence-electron chi connectivity index (χ1n) is 6.06. The second kappa shape index (κ2) is 6.33. The van der Waals surface area contributed by atoms with Crippen LogP contribution in [0.4, 0.5) is 0 Å². The van der Waals surface area contributed by atoms with Crippen molar-refractivity contribution in [3.05, 3.63) is 0 Å². The van der Waals surface area contributed by atoms with Crippen LogP contribution >= 0.6 is 0 Å². The second-order valence-electron chi connectivity index (χ2n) is 5.40. The highest BCUT2D eigenvalue weighted by atomic mass is 16.5. The lowest BCUT2D eigenvalue weighted by Gasteiger charge is -2.34. The van der Waals surface area contributed by atoms with Crippen molar-refractivity contribution in [3.8, 4) is 0 Å². The van der Waals surface area contributed by atoms with Crippen LogP contribution in [-0.2, 0) is 14.3 Å². The normalized spacial score (nSPS) is 21.6. The minimum atomic E-state index is 0.0385. The monoisotopic (exact) mass is 244 g/mol. The van der Waals surface area contributed by atoms with Gasteiger partial charge in [0.2, 0.25) is 5.91 Å². The Labute approximate surface area is 103 Å². The number of methoxy groups -OCH3 is 1. The van der Waals surface area contributed by atoms with E-state index in [1.807, 2.05) is 4.90 Å². The van der Waals surface area contributed by atoms with Gasteiger partial charge in [0.15, 0.2) is 0 Å². The van der Waals surface area contributed by atoms with Crippen molar-refractivity contribution in [2.45, 2.75) is 32.4 Å². The van der Waals surface area contributed by atoms with E-state index < -0.39 is 0 Å². The van der Waals surface area contributed by atoms with Crippen LogP contribution in [0.3, 0.4) is 0 Å². The van der Waals surface area contributed by atoms with E-state index in [0.29, 0.717) is 19.7 Å². The Balaban J connectivity index is 2.36. The SMILES string of the molecule is COCC(=O)N1CCOC(CNC(C)(C)C)C1. The quantitative estimate of drug-likeness (QED) is 0.770. The number of nitrogens with zero attached hydrogens (tertiary/aromatic N) is 1. The van der Waals surface area contributed by atoms with Crippen molar-refractivity contribution in [1.29, 1.82) is 0 Å². The Bertz CT molecular complexity index is 251. The van der Waals surface area contributed by atoms with Crippen molar-refractivity contribution in [1.82, 2.24) is 10.2 Å². The molecule has 0 aromatic heterocycles. The summed E-state index contributed by atoms with van der Waals surface area (Å²) >= 11 is 0. The third-order valence-electron chi connectivity index (χ3n) is 2.62. The number of carbonyl (C=O) groups excluding carboxylic acids is 1. The van der Waals surface area contributed by atoms with E-state index in [-0.39, 0.29) is 24.2 Å². The van der Waals surface area contributed by atoms with Crippen LogP contribution in [-0.4, -0.2) is 62.4 Å². The van der Waals surface area contributed by atoms with Gasteiger partial charge in [-0.15, -0.1) is 0 Å². The van der Waals surface area contributed by atoms with Gasteiger partial charge in [0.1, 0.15) is 6.61 Å². The first-order chi connectivity index (χ1) is 7.92. The Morgan fingerprint density at radius 3 is 2.82 bits per heavy atom. The number of nitrogens with one attached hydrogen (secondary N) is 1. The molecule has 1 rings (SSSR count). The molecular formula is C12H24N2O3. The number of morpholine rings is 1. The Morgan fingerprint density at radius 1 is 1.53 bits per heavy atom. The van der Waals surface area contributed by atoms with Crippen LogP contribution in [0.15, 0.2) is 0 Å². The molecule has 100 valence electrons. The van der Waals surface area contributed by atoms with Gasteiger partial charge in [-0.25, -0.2) is 0 Å². The van der Waals surface area contributed by atoms with Crippen LogP contribution in [0.25, 0.3) is 0 Å². The van der Waals surface area contributed by atoms with Gasteiger partial charge in [-0.1, -0.05) is 0 Å². The summed E-state index contributed by atoms with van der Waals surface area (Å²) in [4.78, 5) is 13.5. The third kappa shape index (κ3) is 5.48. The molecule has 17 heavy (non-hydrogen) atoms. The zero-order valence-corrected chi connectivity index (χ0v) is 11.3. The van der Waals surface area contributed by atoms with E-state index >= 15 is 0 Å². The van der Waals surface area contributed by atoms with Crippen LogP contribution in [0, 0.1) is 0 Å². The van der Waals surface area contributed by atoms with E-state index in [1.165, 1.54) is 7.11 Å². The molecule has 1 saturated heterocycles. The molecule has 0 bridgehead atoms. The van der Waals surface area contributed by atoms with Gasteiger partial charge in [-0.2, -0.15) is 0 Å². The average Bonchev–Trinajstić information content (AvgIpc) is 2.26. The Morgan fingerprint density at radius 2 is 2.24 bits per heavy atom. The standard InChI is InChI=1S/C12H24N2O3/c1-12(2,3)13-7-10-8-14(5-6-17-10)11(15)9-16-4/h10,13H,5-9H2,1-4H3. The molecule has 1 atom stereocenters. The van der Waals surface area contributed by atoms with E-state index in [4.69, 9.17) is 9.47 Å². The highest BCUT2D eigenvalue weighted by molar-refractivity contribution is 5.77. The van der Waals surface area contributed by atoms with Crippen LogP contribution in [0.5, 0.6) is 0 Å². The maximum atomic E-state index is 11.7. The van der Waals surface area contributed by atoms with Gasteiger partial charge in [0.25, 0.3) is 0 Å². The summed E-state index contributed by atoms with van der Waals surface area (Å²) < 4.78 is 10.5. The number of hydrogen-bond donors (Lipinski definition) is 1. The molecule has 1 aliphatic rings. The topological polar surface area (TPSA) is 50.8 Å². The Hall–Kier alpha value is -0.650. The summed E-state index contributed by atoms with van der Waals surface area (Å²) in [6.07, 6.45) is 0.0729. The van der Waals surface area contributed by atoms with Crippen LogP contribution < -0.4 is 5.32 Å². The maximum absolute atomic E-state index is 11.7. The van der Waals surface area contributed by atoms with Gasteiger partial charge >= 0.3 is 0 Å². The molecule has 1 unspecified atom stereocenters. The molecule has 0 spiro atoms. The van der Waals surface area contributed by atoms with Crippen molar-refractivity contribution in [2.75, 3.05) is 40.0 Å². The highest BCUT2D eigenvalue weighted by Gasteiger charge is 2.24. The lowest BCUT2D eigenvalue weighted by molar-refractivity contribution is -0.142. The number of rotatable bonds is 4. The largest absolute Gasteiger partial charge is 0.375 e. The maximum Gasteiger partial charge on any atom is 0.248 e. The molecular weight excluding hydrogens is 220 g/mol. The first-order valence-corrected chi connectivity index (χ1v) is 6.06. The molecule has 0 radical (unpaired) electrons. The molecule has 1 fully saturated rings. The molecule has 0 saturated carbocycles. The summed E-state index contributed by atoms with van der Waals surface area (Å²) in [6, 6.07) is 0. The fourth-order valence-corrected chi connectivity index (χ4v) is 1.70. The molecule has 0 aromatic carbocycles. The summed E-state index contributed by atoms with van der Waals surface area (Å²) in [5, 5.41) is 3.39. The summed E-state index contributed by atoms with van der Waals surface area (Å²) in [5.41, 5.74) is 0.0716. The predicted octanol–water partition coefficient (Wildman–Crippen LogP) is 0.248. The van der Waals surface area contributed by atoms with Gasteiger partial charge < -0.3 is 19.7 Å². The molecule has 1 N–H and O–H groups in total. The van der Waals surface area contributed by atoms with Crippen molar-refractivity contribution < 1.29 is 14.3 Å². The van der Waals surface area contributed by atoms with Crippen molar-refractivity contribution in [3.63, 3.8) is 0 Å².